The molecule has 0 aromatic heterocycles. The van der Waals surface area contributed by atoms with Crippen LogP contribution in [0.4, 0.5) is 0 Å². The Bertz CT molecular complexity index is 921. The molecule has 0 saturated carbocycles. The molecule has 0 saturated heterocycles. The van der Waals surface area contributed by atoms with E-state index in [1.165, 1.54) is 30.9 Å². The number of phenols is 1. The first-order valence-corrected chi connectivity index (χ1v) is 9.62. The van der Waals surface area contributed by atoms with Crippen LogP contribution >= 0.6 is 0 Å². The van der Waals surface area contributed by atoms with Crippen LogP contribution < -0.4 is 10.1 Å². The number of hydrogen-bond donors (Lipinski definition) is 2. The Morgan fingerprint density at radius 3 is 2.83 bits per heavy atom. The predicted molar refractivity (Wildman–Crippen MR) is 110 cm³/mol. The van der Waals surface area contributed by atoms with Crippen LogP contribution in [0, 0.1) is 0 Å². The van der Waals surface area contributed by atoms with Crippen molar-refractivity contribution in [3.63, 3.8) is 0 Å². The van der Waals surface area contributed by atoms with E-state index in [1.54, 1.807) is 19.1 Å². The third kappa shape index (κ3) is 5.16. The number of phenolic OH excluding ortho intramolecular Hbond substituents is 1. The fourth-order valence-electron chi connectivity index (χ4n) is 3.42. The number of aryl methyl sites for hydroxylation is 1. The molecule has 2 N–H and O–H groups in total. The lowest BCUT2D eigenvalue weighted by molar-refractivity contribution is -0.150. The largest absolute Gasteiger partial charge is 0.504 e. The summed E-state index contributed by atoms with van der Waals surface area (Å²) >= 11 is 0. The van der Waals surface area contributed by atoms with Gasteiger partial charge in [0.1, 0.15) is 0 Å². The lowest BCUT2D eigenvalue weighted by atomic mass is 9.87. The summed E-state index contributed by atoms with van der Waals surface area (Å²) in [6.07, 6.45) is 4.76. The predicted octanol–water partition coefficient (Wildman–Crippen LogP) is 3.54. The van der Waals surface area contributed by atoms with Crippen molar-refractivity contribution in [3.8, 4) is 11.5 Å². The van der Waals surface area contributed by atoms with Gasteiger partial charge in [-0.1, -0.05) is 30.3 Å². The van der Waals surface area contributed by atoms with E-state index in [9.17, 15) is 14.7 Å². The summed E-state index contributed by atoms with van der Waals surface area (Å²) in [5.74, 6) is -0.619. The van der Waals surface area contributed by atoms with Gasteiger partial charge in [-0.15, -0.1) is 0 Å². The number of fused-ring (bicyclic) bond motifs is 1. The van der Waals surface area contributed by atoms with E-state index in [0.29, 0.717) is 11.3 Å². The van der Waals surface area contributed by atoms with Crippen LogP contribution in [-0.4, -0.2) is 30.2 Å². The lowest BCUT2D eigenvalue weighted by Gasteiger charge is -2.27. The molecule has 152 valence electrons. The normalized spacial score (nSPS) is 16.7. The number of esters is 1. The van der Waals surface area contributed by atoms with Gasteiger partial charge >= 0.3 is 5.97 Å². The zero-order chi connectivity index (χ0) is 20.8. The van der Waals surface area contributed by atoms with Gasteiger partial charge in [-0.25, -0.2) is 4.79 Å². The number of amides is 1. The Hall–Kier alpha value is -3.28. The molecule has 3 rings (SSSR count). The number of nitrogens with one attached hydrogen (secondary N) is 1. The van der Waals surface area contributed by atoms with E-state index in [0.717, 1.165) is 24.8 Å². The SMILES string of the molecule is COc1cc(/C=C/C(=O)O[C@@H](C)C(=O)N[C@@H]2CCCc3ccccc32)ccc1O. The van der Waals surface area contributed by atoms with Crippen LogP contribution in [-0.2, 0) is 20.7 Å². The number of ether oxygens (including phenoxy) is 2. The average molecular weight is 395 g/mol. The van der Waals surface area contributed by atoms with Gasteiger partial charge in [-0.2, -0.15) is 0 Å². The molecule has 0 aliphatic heterocycles. The molecule has 6 nitrogen and oxygen atoms in total. The van der Waals surface area contributed by atoms with Crippen LogP contribution in [0.3, 0.4) is 0 Å². The van der Waals surface area contributed by atoms with Gasteiger partial charge in [-0.3, -0.25) is 4.79 Å². The quantitative estimate of drug-likeness (QED) is 0.577. The van der Waals surface area contributed by atoms with Crippen molar-refractivity contribution in [2.24, 2.45) is 0 Å². The maximum absolute atomic E-state index is 12.5. The van der Waals surface area contributed by atoms with E-state index in [1.807, 2.05) is 18.2 Å². The monoisotopic (exact) mass is 395 g/mol. The number of hydrogen-bond acceptors (Lipinski definition) is 5. The first-order valence-electron chi connectivity index (χ1n) is 9.62. The second-order valence-electron chi connectivity index (χ2n) is 7.00. The molecule has 6 heteroatoms. The number of aromatic hydroxyl groups is 1. The number of rotatable bonds is 6. The zero-order valence-electron chi connectivity index (χ0n) is 16.6. The maximum Gasteiger partial charge on any atom is 0.331 e. The number of methoxy groups -OCH3 is 1. The fraction of sp³-hybridized carbons (Fsp3) is 0.304. The van der Waals surface area contributed by atoms with Gasteiger partial charge in [-0.05, 0) is 61.1 Å². The van der Waals surface area contributed by atoms with E-state index in [2.05, 4.69) is 11.4 Å². The van der Waals surface area contributed by atoms with Gasteiger partial charge in [0.25, 0.3) is 5.91 Å². The molecule has 2 aromatic carbocycles. The van der Waals surface area contributed by atoms with Gasteiger partial charge in [0.2, 0.25) is 0 Å². The second-order valence-corrected chi connectivity index (χ2v) is 7.00. The van der Waals surface area contributed by atoms with Crippen molar-refractivity contribution in [1.29, 1.82) is 0 Å². The highest BCUT2D eigenvalue weighted by molar-refractivity contribution is 5.90. The van der Waals surface area contributed by atoms with Gasteiger partial charge in [0, 0.05) is 6.08 Å². The standard InChI is InChI=1S/C23H25NO5/c1-15(23(27)24-19-9-5-7-17-6-3-4-8-18(17)19)29-22(26)13-11-16-10-12-20(25)21(14-16)28-2/h3-4,6,8,10-15,19,25H,5,7,9H2,1-2H3,(H,24,27)/b13-11+/t15-,19+/m0/s1. The summed E-state index contributed by atoms with van der Waals surface area (Å²) in [7, 11) is 1.45. The van der Waals surface area contributed by atoms with E-state index in [-0.39, 0.29) is 17.7 Å². The van der Waals surface area contributed by atoms with Gasteiger partial charge < -0.3 is 19.9 Å². The van der Waals surface area contributed by atoms with Crippen LogP contribution in [0.5, 0.6) is 11.5 Å². The second kappa shape index (κ2) is 9.28. The fourth-order valence-corrected chi connectivity index (χ4v) is 3.42. The zero-order valence-corrected chi connectivity index (χ0v) is 16.6. The van der Waals surface area contributed by atoms with Gasteiger partial charge in [0.05, 0.1) is 13.2 Å². The third-order valence-corrected chi connectivity index (χ3v) is 4.96. The van der Waals surface area contributed by atoms with Crippen molar-refractivity contribution < 1.29 is 24.2 Å². The van der Waals surface area contributed by atoms with Crippen molar-refractivity contribution in [3.05, 3.63) is 65.2 Å². The topological polar surface area (TPSA) is 84.9 Å². The molecule has 1 amide bonds. The molecular formula is C23H25NO5. The van der Waals surface area contributed by atoms with Crippen molar-refractivity contribution in [2.75, 3.05) is 7.11 Å². The minimum atomic E-state index is -0.907. The Kier molecular flexibility index (Phi) is 6.54. The van der Waals surface area contributed by atoms with Crippen molar-refractivity contribution in [1.82, 2.24) is 5.32 Å². The first-order chi connectivity index (χ1) is 14.0. The molecule has 0 fully saturated rings. The molecule has 1 aliphatic rings. The molecule has 1 aliphatic carbocycles. The van der Waals surface area contributed by atoms with E-state index < -0.39 is 12.1 Å². The van der Waals surface area contributed by atoms with Crippen LogP contribution in [0.15, 0.2) is 48.5 Å². The minimum Gasteiger partial charge on any atom is -0.504 e. The Labute approximate surface area is 170 Å². The Morgan fingerprint density at radius 1 is 1.24 bits per heavy atom. The van der Waals surface area contributed by atoms with Crippen LogP contribution in [0.1, 0.15) is 42.5 Å². The smallest absolute Gasteiger partial charge is 0.331 e. The summed E-state index contributed by atoms with van der Waals surface area (Å²) in [5.41, 5.74) is 3.04. The molecule has 0 radical (unpaired) electrons. The summed E-state index contributed by atoms with van der Waals surface area (Å²) < 4.78 is 10.3. The molecule has 0 spiro atoms. The molecule has 29 heavy (non-hydrogen) atoms. The highest BCUT2D eigenvalue weighted by atomic mass is 16.5. The maximum atomic E-state index is 12.5. The summed E-state index contributed by atoms with van der Waals surface area (Å²) in [4.78, 5) is 24.6. The summed E-state index contributed by atoms with van der Waals surface area (Å²) in [5, 5.41) is 12.6. The molecule has 2 aromatic rings. The van der Waals surface area contributed by atoms with Crippen molar-refractivity contribution >= 4 is 18.0 Å². The van der Waals surface area contributed by atoms with E-state index >= 15 is 0 Å². The van der Waals surface area contributed by atoms with E-state index in [4.69, 9.17) is 9.47 Å². The van der Waals surface area contributed by atoms with Crippen LogP contribution in [0.25, 0.3) is 6.08 Å². The molecule has 0 unspecified atom stereocenters. The number of carbonyl (C=O) groups is 2. The van der Waals surface area contributed by atoms with Gasteiger partial charge in [0.15, 0.2) is 17.6 Å². The summed E-state index contributed by atoms with van der Waals surface area (Å²) in [6.45, 7) is 1.55. The Balaban J connectivity index is 1.56. The average Bonchev–Trinajstić information content (AvgIpc) is 2.73. The molecule has 0 heterocycles. The lowest BCUT2D eigenvalue weighted by Crippen LogP contribution is -2.39. The molecule has 2 atom stereocenters. The minimum absolute atomic E-state index is 0.0156. The Morgan fingerprint density at radius 2 is 2.03 bits per heavy atom. The van der Waals surface area contributed by atoms with Crippen LogP contribution in [0.2, 0.25) is 0 Å². The summed E-state index contributed by atoms with van der Waals surface area (Å²) in [6, 6.07) is 12.7. The highest BCUT2D eigenvalue weighted by Crippen LogP contribution is 2.29. The first kappa shape index (κ1) is 20.5. The molecule has 0 bridgehead atoms. The number of benzene rings is 2. The third-order valence-electron chi connectivity index (χ3n) is 4.96. The number of carbonyl (C=O) groups excluding carboxylic acids is 2. The van der Waals surface area contributed by atoms with Crippen molar-refractivity contribution in [2.45, 2.75) is 38.3 Å². The highest BCUT2D eigenvalue weighted by Gasteiger charge is 2.24. The molecular weight excluding hydrogens is 370 g/mol.